The normalized spacial score (nSPS) is 10.9. The standard InChI is InChI=1S/C23H17N5O/c29-21-13-22(26-17-7-3-1-4-8-17)28(18-9-5-2-6-10-18)23-19(21)14-25-15-20(23)27-12-11-24-16-27/h1-16,26H. The van der Waals surface area contributed by atoms with Gasteiger partial charge in [0.05, 0.1) is 29.1 Å². The lowest BCUT2D eigenvalue weighted by atomic mass is 10.2. The Morgan fingerprint density at radius 2 is 1.62 bits per heavy atom. The molecule has 6 heteroatoms. The largest absolute Gasteiger partial charge is 0.341 e. The zero-order valence-electron chi connectivity index (χ0n) is 15.4. The molecular weight excluding hydrogens is 362 g/mol. The molecule has 3 aromatic heterocycles. The summed E-state index contributed by atoms with van der Waals surface area (Å²) in [5, 5.41) is 3.93. The third-order valence-electron chi connectivity index (χ3n) is 4.74. The molecule has 0 amide bonds. The van der Waals surface area contributed by atoms with Crippen LogP contribution < -0.4 is 10.7 Å². The van der Waals surface area contributed by atoms with Crippen LogP contribution in [0.2, 0.25) is 0 Å². The second kappa shape index (κ2) is 7.09. The van der Waals surface area contributed by atoms with Crippen LogP contribution in [0.25, 0.3) is 22.3 Å². The highest BCUT2D eigenvalue weighted by molar-refractivity contribution is 5.89. The number of nitrogens with zero attached hydrogens (tertiary/aromatic N) is 4. The number of fused-ring (bicyclic) bond motifs is 1. The van der Waals surface area contributed by atoms with Crippen molar-refractivity contribution in [2.75, 3.05) is 5.32 Å². The van der Waals surface area contributed by atoms with E-state index in [1.807, 2.05) is 76.0 Å². The third kappa shape index (κ3) is 3.06. The summed E-state index contributed by atoms with van der Waals surface area (Å²) in [6, 6.07) is 21.4. The van der Waals surface area contributed by atoms with Crippen LogP contribution in [0.1, 0.15) is 0 Å². The van der Waals surface area contributed by atoms with Gasteiger partial charge >= 0.3 is 0 Å². The molecule has 6 nitrogen and oxygen atoms in total. The van der Waals surface area contributed by atoms with Crippen LogP contribution in [0, 0.1) is 0 Å². The topological polar surface area (TPSA) is 64.7 Å². The molecule has 0 fully saturated rings. The van der Waals surface area contributed by atoms with Gasteiger partial charge in [-0.3, -0.25) is 14.3 Å². The van der Waals surface area contributed by atoms with Crippen LogP contribution in [-0.2, 0) is 0 Å². The van der Waals surface area contributed by atoms with E-state index in [1.54, 1.807) is 31.0 Å². The molecular formula is C23H17N5O. The zero-order chi connectivity index (χ0) is 19.6. The van der Waals surface area contributed by atoms with Crippen LogP contribution in [0.15, 0.2) is 103 Å². The second-order valence-corrected chi connectivity index (χ2v) is 6.58. The summed E-state index contributed by atoms with van der Waals surface area (Å²) in [5.74, 6) is 0.674. The van der Waals surface area contributed by atoms with Gasteiger partial charge in [0, 0.05) is 36.0 Å². The van der Waals surface area contributed by atoms with Crippen LogP contribution in [0.3, 0.4) is 0 Å². The van der Waals surface area contributed by atoms with Crippen LogP contribution in [0.4, 0.5) is 11.5 Å². The van der Waals surface area contributed by atoms with Gasteiger partial charge < -0.3 is 9.88 Å². The van der Waals surface area contributed by atoms with E-state index in [0.717, 1.165) is 22.6 Å². The highest BCUT2D eigenvalue weighted by Crippen LogP contribution is 2.28. The Labute approximate surface area is 166 Å². The summed E-state index contributed by atoms with van der Waals surface area (Å²) in [6.45, 7) is 0. The average Bonchev–Trinajstić information content (AvgIpc) is 3.30. The highest BCUT2D eigenvalue weighted by atomic mass is 16.1. The lowest BCUT2D eigenvalue weighted by Crippen LogP contribution is -2.14. The van der Waals surface area contributed by atoms with Gasteiger partial charge in [0.1, 0.15) is 5.82 Å². The molecule has 5 aromatic rings. The fraction of sp³-hybridized carbons (Fsp3) is 0. The van der Waals surface area contributed by atoms with Gasteiger partial charge in [-0.15, -0.1) is 0 Å². The number of imidazole rings is 1. The van der Waals surface area contributed by atoms with E-state index >= 15 is 0 Å². The predicted octanol–water partition coefficient (Wildman–Crippen LogP) is 4.32. The maximum atomic E-state index is 13.0. The van der Waals surface area contributed by atoms with E-state index < -0.39 is 0 Å². The summed E-state index contributed by atoms with van der Waals surface area (Å²) in [4.78, 5) is 21.4. The van der Waals surface area contributed by atoms with Crippen molar-refractivity contribution in [2.24, 2.45) is 0 Å². The van der Waals surface area contributed by atoms with Gasteiger partial charge in [-0.25, -0.2) is 4.98 Å². The monoisotopic (exact) mass is 379 g/mol. The minimum atomic E-state index is -0.0972. The quantitative estimate of drug-likeness (QED) is 0.505. The number of hydrogen-bond acceptors (Lipinski definition) is 4. The number of aromatic nitrogens is 4. The lowest BCUT2D eigenvalue weighted by molar-refractivity contribution is 1.02. The van der Waals surface area contributed by atoms with E-state index in [9.17, 15) is 4.79 Å². The van der Waals surface area contributed by atoms with Crippen molar-refractivity contribution in [1.29, 1.82) is 0 Å². The summed E-state index contributed by atoms with van der Waals surface area (Å²) in [5.41, 5.74) is 3.27. The fourth-order valence-electron chi connectivity index (χ4n) is 3.44. The van der Waals surface area contributed by atoms with E-state index in [1.165, 1.54) is 0 Å². The van der Waals surface area contributed by atoms with E-state index in [4.69, 9.17) is 0 Å². The van der Waals surface area contributed by atoms with Crippen molar-refractivity contribution in [3.05, 3.63) is 108 Å². The number of para-hydroxylation sites is 2. The molecule has 140 valence electrons. The van der Waals surface area contributed by atoms with Gasteiger partial charge in [-0.05, 0) is 24.3 Å². The molecule has 0 saturated heterocycles. The average molecular weight is 379 g/mol. The molecule has 0 unspecified atom stereocenters. The van der Waals surface area contributed by atoms with Crippen molar-refractivity contribution < 1.29 is 0 Å². The lowest BCUT2D eigenvalue weighted by Gasteiger charge is -2.20. The Morgan fingerprint density at radius 3 is 2.34 bits per heavy atom. The number of anilines is 2. The first-order valence-electron chi connectivity index (χ1n) is 9.21. The second-order valence-electron chi connectivity index (χ2n) is 6.58. The molecule has 3 heterocycles. The number of pyridine rings is 2. The summed E-state index contributed by atoms with van der Waals surface area (Å²) < 4.78 is 3.90. The van der Waals surface area contributed by atoms with Gasteiger partial charge in [-0.2, -0.15) is 0 Å². The molecule has 5 rings (SSSR count). The number of benzene rings is 2. The first-order valence-corrected chi connectivity index (χ1v) is 9.21. The van der Waals surface area contributed by atoms with Gasteiger partial charge in [0.2, 0.25) is 0 Å². The molecule has 0 aliphatic heterocycles. The molecule has 0 aliphatic carbocycles. The van der Waals surface area contributed by atoms with Gasteiger partial charge in [0.15, 0.2) is 5.43 Å². The molecule has 0 saturated carbocycles. The summed E-state index contributed by atoms with van der Waals surface area (Å²) >= 11 is 0. The van der Waals surface area contributed by atoms with E-state index in [-0.39, 0.29) is 5.43 Å². The molecule has 0 aliphatic rings. The number of nitrogens with one attached hydrogen (secondary N) is 1. The van der Waals surface area contributed by atoms with E-state index in [0.29, 0.717) is 11.2 Å². The molecule has 1 N–H and O–H groups in total. The Bertz CT molecular complexity index is 1330. The molecule has 0 spiro atoms. The molecule has 0 radical (unpaired) electrons. The van der Waals surface area contributed by atoms with Crippen LogP contribution in [0.5, 0.6) is 0 Å². The Morgan fingerprint density at radius 1 is 0.862 bits per heavy atom. The van der Waals surface area contributed by atoms with E-state index in [2.05, 4.69) is 15.3 Å². The van der Waals surface area contributed by atoms with Crippen LogP contribution in [-0.4, -0.2) is 19.1 Å². The smallest absolute Gasteiger partial charge is 0.193 e. The van der Waals surface area contributed by atoms with Gasteiger partial charge in [0.25, 0.3) is 0 Å². The van der Waals surface area contributed by atoms with Crippen molar-refractivity contribution in [3.8, 4) is 11.4 Å². The number of rotatable bonds is 4. The Hall–Kier alpha value is -4.19. The number of hydrogen-bond donors (Lipinski definition) is 1. The van der Waals surface area contributed by atoms with Crippen LogP contribution >= 0.6 is 0 Å². The highest BCUT2D eigenvalue weighted by Gasteiger charge is 2.16. The fourth-order valence-corrected chi connectivity index (χ4v) is 3.44. The van der Waals surface area contributed by atoms with Gasteiger partial charge in [-0.1, -0.05) is 36.4 Å². The first-order chi connectivity index (χ1) is 14.3. The minimum Gasteiger partial charge on any atom is -0.341 e. The molecule has 0 atom stereocenters. The molecule has 29 heavy (non-hydrogen) atoms. The third-order valence-corrected chi connectivity index (χ3v) is 4.74. The predicted molar refractivity (Wildman–Crippen MR) is 114 cm³/mol. The minimum absolute atomic E-state index is 0.0972. The SMILES string of the molecule is O=c1cc(Nc2ccccc2)n(-c2ccccc2)c2c(-n3ccnc3)cncc12. The Kier molecular flexibility index (Phi) is 4.14. The maximum absolute atomic E-state index is 13.0. The maximum Gasteiger partial charge on any atom is 0.193 e. The van der Waals surface area contributed by atoms with Crippen molar-refractivity contribution in [3.63, 3.8) is 0 Å². The first kappa shape index (κ1) is 16.9. The summed E-state index contributed by atoms with van der Waals surface area (Å²) in [6.07, 6.45) is 8.61. The van der Waals surface area contributed by atoms with Crippen molar-refractivity contribution in [2.45, 2.75) is 0 Å². The molecule has 2 aromatic carbocycles. The van der Waals surface area contributed by atoms with Crippen molar-refractivity contribution >= 4 is 22.4 Å². The molecule has 0 bridgehead atoms. The Balaban J connectivity index is 1.88. The zero-order valence-corrected chi connectivity index (χ0v) is 15.4. The summed E-state index contributed by atoms with van der Waals surface area (Å²) in [7, 11) is 0. The van der Waals surface area contributed by atoms with Crippen molar-refractivity contribution in [1.82, 2.24) is 19.1 Å².